The number of aromatic nitrogens is 2. The number of aryl methyl sites for hydroxylation is 2. The molecule has 2 heterocycles. The largest absolute Gasteiger partial charge is 0.437 e. The molecule has 0 aliphatic carbocycles. The zero-order valence-corrected chi connectivity index (χ0v) is 11.6. The average molecular weight is 257 g/mol. The molecule has 0 radical (unpaired) electrons. The Balaban J connectivity index is 2.16. The Morgan fingerprint density at radius 3 is 2.68 bits per heavy atom. The van der Waals surface area contributed by atoms with Crippen molar-refractivity contribution >= 4 is 0 Å². The van der Waals surface area contributed by atoms with E-state index in [-0.39, 0.29) is 0 Å². The Labute approximate surface area is 113 Å². The number of nitrogens with zero attached hydrogens (tertiary/aromatic N) is 2. The molecule has 2 rings (SSSR count). The summed E-state index contributed by atoms with van der Waals surface area (Å²) >= 11 is 0. The lowest BCUT2D eigenvalue weighted by Gasteiger charge is -2.09. The fourth-order valence-electron chi connectivity index (χ4n) is 1.84. The molecular formula is C15H19N3O. The SMILES string of the molecule is CCc1nc(C)ccc1Oc1ccc(CNC)cn1. The number of hydrogen-bond acceptors (Lipinski definition) is 4. The van der Waals surface area contributed by atoms with E-state index < -0.39 is 0 Å². The molecule has 4 nitrogen and oxygen atoms in total. The highest BCUT2D eigenvalue weighted by Crippen LogP contribution is 2.23. The molecule has 2 aromatic rings. The Kier molecular flexibility index (Phi) is 4.47. The fraction of sp³-hybridized carbons (Fsp3) is 0.333. The molecule has 100 valence electrons. The number of rotatable bonds is 5. The van der Waals surface area contributed by atoms with E-state index in [9.17, 15) is 0 Å². The summed E-state index contributed by atoms with van der Waals surface area (Å²) in [7, 11) is 1.91. The van der Waals surface area contributed by atoms with Crippen LogP contribution in [0.5, 0.6) is 11.6 Å². The molecule has 0 aliphatic heterocycles. The van der Waals surface area contributed by atoms with Crippen LogP contribution in [0.1, 0.15) is 23.9 Å². The lowest BCUT2D eigenvalue weighted by molar-refractivity contribution is 0.453. The summed E-state index contributed by atoms with van der Waals surface area (Å²) in [6.07, 6.45) is 2.66. The monoisotopic (exact) mass is 257 g/mol. The van der Waals surface area contributed by atoms with Crippen LogP contribution in [0.25, 0.3) is 0 Å². The van der Waals surface area contributed by atoms with Gasteiger partial charge in [0.15, 0.2) is 5.75 Å². The van der Waals surface area contributed by atoms with E-state index >= 15 is 0 Å². The predicted molar refractivity (Wildman–Crippen MR) is 75.4 cm³/mol. The molecule has 0 spiro atoms. The fourth-order valence-corrected chi connectivity index (χ4v) is 1.84. The summed E-state index contributed by atoms with van der Waals surface area (Å²) in [6.45, 7) is 4.85. The highest BCUT2D eigenvalue weighted by molar-refractivity contribution is 5.33. The van der Waals surface area contributed by atoms with Crippen LogP contribution in [0.15, 0.2) is 30.5 Å². The lowest BCUT2D eigenvalue weighted by atomic mass is 10.2. The molecule has 0 saturated carbocycles. The van der Waals surface area contributed by atoms with E-state index in [2.05, 4.69) is 22.2 Å². The first kappa shape index (κ1) is 13.5. The van der Waals surface area contributed by atoms with Gasteiger partial charge >= 0.3 is 0 Å². The first-order chi connectivity index (χ1) is 9.22. The van der Waals surface area contributed by atoms with Crippen molar-refractivity contribution in [2.45, 2.75) is 26.8 Å². The van der Waals surface area contributed by atoms with Crippen molar-refractivity contribution in [3.63, 3.8) is 0 Å². The van der Waals surface area contributed by atoms with Gasteiger partial charge in [-0.1, -0.05) is 13.0 Å². The molecule has 0 atom stereocenters. The van der Waals surface area contributed by atoms with Gasteiger partial charge in [-0.3, -0.25) is 4.98 Å². The van der Waals surface area contributed by atoms with E-state index in [0.29, 0.717) is 5.88 Å². The minimum Gasteiger partial charge on any atom is -0.437 e. The quantitative estimate of drug-likeness (QED) is 0.894. The van der Waals surface area contributed by atoms with Crippen LogP contribution in [-0.4, -0.2) is 17.0 Å². The van der Waals surface area contributed by atoms with Gasteiger partial charge in [-0.15, -0.1) is 0 Å². The normalized spacial score (nSPS) is 10.5. The minimum absolute atomic E-state index is 0.597. The van der Waals surface area contributed by atoms with E-state index in [0.717, 1.165) is 35.7 Å². The molecule has 2 aromatic heterocycles. The van der Waals surface area contributed by atoms with Crippen LogP contribution < -0.4 is 10.1 Å². The third-order valence-corrected chi connectivity index (χ3v) is 2.80. The highest BCUT2D eigenvalue weighted by atomic mass is 16.5. The van der Waals surface area contributed by atoms with Crippen LogP contribution in [0.3, 0.4) is 0 Å². The summed E-state index contributed by atoms with van der Waals surface area (Å²) in [5.41, 5.74) is 3.09. The van der Waals surface area contributed by atoms with Crippen LogP contribution in [-0.2, 0) is 13.0 Å². The molecule has 0 saturated heterocycles. The first-order valence-corrected chi connectivity index (χ1v) is 6.47. The van der Waals surface area contributed by atoms with Gasteiger partial charge < -0.3 is 10.1 Å². The number of pyridine rings is 2. The molecule has 0 bridgehead atoms. The van der Waals surface area contributed by atoms with Gasteiger partial charge in [0.1, 0.15) is 0 Å². The van der Waals surface area contributed by atoms with Crippen LogP contribution >= 0.6 is 0 Å². The maximum Gasteiger partial charge on any atom is 0.219 e. The molecule has 19 heavy (non-hydrogen) atoms. The van der Waals surface area contributed by atoms with Crippen LogP contribution in [0.2, 0.25) is 0 Å². The topological polar surface area (TPSA) is 47.0 Å². The standard InChI is InChI=1S/C15H19N3O/c1-4-13-14(7-5-11(2)18-13)19-15-8-6-12(9-16-3)10-17-15/h5-8,10,16H,4,9H2,1-3H3. The van der Waals surface area contributed by atoms with Crippen molar-refractivity contribution < 1.29 is 4.74 Å². The zero-order valence-electron chi connectivity index (χ0n) is 11.6. The van der Waals surface area contributed by atoms with Crippen molar-refractivity contribution in [1.29, 1.82) is 0 Å². The van der Waals surface area contributed by atoms with E-state index in [1.54, 1.807) is 0 Å². The maximum absolute atomic E-state index is 5.79. The van der Waals surface area contributed by atoms with Crippen LogP contribution in [0.4, 0.5) is 0 Å². The highest BCUT2D eigenvalue weighted by Gasteiger charge is 2.06. The second kappa shape index (κ2) is 6.29. The molecule has 0 fully saturated rings. The van der Waals surface area contributed by atoms with Gasteiger partial charge in [0.25, 0.3) is 0 Å². The van der Waals surface area contributed by atoms with E-state index in [1.807, 2.05) is 44.4 Å². The van der Waals surface area contributed by atoms with E-state index in [4.69, 9.17) is 4.74 Å². The molecule has 0 amide bonds. The first-order valence-electron chi connectivity index (χ1n) is 6.47. The molecule has 0 aromatic carbocycles. The summed E-state index contributed by atoms with van der Waals surface area (Å²) in [5.74, 6) is 1.38. The van der Waals surface area contributed by atoms with Gasteiger partial charge in [-0.2, -0.15) is 0 Å². The molecule has 0 aliphatic rings. The lowest BCUT2D eigenvalue weighted by Crippen LogP contribution is -2.05. The molecule has 0 unspecified atom stereocenters. The third-order valence-electron chi connectivity index (χ3n) is 2.80. The molecule has 4 heteroatoms. The average Bonchev–Trinajstić information content (AvgIpc) is 2.43. The van der Waals surface area contributed by atoms with Crippen molar-refractivity contribution in [2.24, 2.45) is 0 Å². The smallest absolute Gasteiger partial charge is 0.219 e. The number of hydrogen-bond donors (Lipinski definition) is 1. The third kappa shape index (κ3) is 3.51. The van der Waals surface area contributed by atoms with Gasteiger partial charge in [-0.25, -0.2) is 4.98 Å². The number of ether oxygens (including phenoxy) is 1. The summed E-state index contributed by atoms with van der Waals surface area (Å²) < 4.78 is 5.79. The maximum atomic E-state index is 5.79. The summed E-state index contributed by atoms with van der Waals surface area (Å²) in [6, 6.07) is 7.78. The molecular weight excluding hydrogens is 238 g/mol. The Morgan fingerprint density at radius 2 is 2.05 bits per heavy atom. The Morgan fingerprint density at radius 1 is 1.21 bits per heavy atom. The van der Waals surface area contributed by atoms with Gasteiger partial charge in [0.05, 0.1) is 5.69 Å². The van der Waals surface area contributed by atoms with Crippen molar-refractivity contribution in [3.8, 4) is 11.6 Å². The van der Waals surface area contributed by atoms with Crippen molar-refractivity contribution in [3.05, 3.63) is 47.4 Å². The van der Waals surface area contributed by atoms with Gasteiger partial charge in [-0.05, 0) is 38.1 Å². The van der Waals surface area contributed by atoms with Crippen molar-refractivity contribution in [2.75, 3.05) is 7.05 Å². The minimum atomic E-state index is 0.597. The van der Waals surface area contributed by atoms with E-state index in [1.165, 1.54) is 0 Å². The Hall–Kier alpha value is -1.94. The summed E-state index contributed by atoms with van der Waals surface area (Å²) in [5, 5.41) is 3.09. The van der Waals surface area contributed by atoms with Gasteiger partial charge in [0, 0.05) is 24.5 Å². The molecule has 1 N–H and O–H groups in total. The van der Waals surface area contributed by atoms with Gasteiger partial charge in [0.2, 0.25) is 5.88 Å². The Bertz CT molecular complexity index is 538. The van der Waals surface area contributed by atoms with Crippen LogP contribution in [0, 0.1) is 6.92 Å². The zero-order chi connectivity index (χ0) is 13.7. The number of nitrogens with one attached hydrogen (secondary N) is 1. The van der Waals surface area contributed by atoms with Crippen molar-refractivity contribution in [1.82, 2.24) is 15.3 Å². The summed E-state index contributed by atoms with van der Waals surface area (Å²) in [4.78, 5) is 8.77. The predicted octanol–water partition coefficient (Wildman–Crippen LogP) is 2.86. The second-order valence-electron chi connectivity index (χ2n) is 4.39. The second-order valence-corrected chi connectivity index (χ2v) is 4.39.